The van der Waals surface area contributed by atoms with Crippen molar-refractivity contribution in [2.24, 2.45) is 0 Å². The minimum atomic E-state index is -0.318. The van der Waals surface area contributed by atoms with Gasteiger partial charge in [-0.2, -0.15) is 0 Å². The first-order chi connectivity index (χ1) is 11.1. The van der Waals surface area contributed by atoms with E-state index in [0.29, 0.717) is 11.6 Å². The first-order valence-electron chi connectivity index (χ1n) is 7.99. The minimum absolute atomic E-state index is 0.318. The van der Waals surface area contributed by atoms with Crippen LogP contribution >= 0.6 is 0 Å². The van der Waals surface area contributed by atoms with Crippen LogP contribution < -0.4 is 4.90 Å². The van der Waals surface area contributed by atoms with E-state index in [1.807, 2.05) is 24.3 Å². The second-order valence-corrected chi connectivity index (χ2v) is 6.25. The van der Waals surface area contributed by atoms with Gasteiger partial charge in [-0.25, -0.2) is 9.78 Å². The number of hydrogen-bond donors (Lipinski definition) is 0. The number of rotatable bonds is 3. The van der Waals surface area contributed by atoms with Gasteiger partial charge < -0.3 is 14.5 Å². The molecule has 1 aromatic heterocycles. The molecule has 122 valence electrons. The summed E-state index contributed by atoms with van der Waals surface area (Å²) in [5.74, 6) is 0.697. The molecule has 23 heavy (non-hydrogen) atoms. The zero-order chi connectivity index (χ0) is 16.4. The van der Waals surface area contributed by atoms with E-state index in [0.717, 1.165) is 42.7 Å². The summed E-state index contributed by atoms with van der Waals surface area (Å²) in [7, 11) is 5.69. The average molecular weight is 313 g/mol. The lowest BCUT2D eigenvalue weighted by Crippen LogP contribution is -2.42. The summed E-state index contributed by atoms with van der Waals surface area (Å²) in [5.41, 5.74) is 1.46. The van der Waals surface area contributed by atoms with Gasteiger partial charge in [0.2, 0.25) is 0 Å². The van der Waals surface area contributed by atoms with Crippen molar-refractivity contribution in [1.29, 1.82) is 0 Å². The topological polar surface area (TPSA) is 45.7 Å². The maximum atomic E-state index is 11.6. The maximum Gasteiger partial charge on any atom is 0.337 e. The molecule has 5 heteroatoms. The number of methoxy groups -OCH3 is 1. The number of hydrogen-bond acceptors (Lipinski definition) is 5. The van der Waals surface area contributed by atoms with Crippen LogP contribution in [0.1, 0.15) is 23.2 Å². The van der Waals surface area contributed by atoms with Gasteiger partial charge in [0.25, 0.3) is 0 Å². The van der Waals surface area contributed by atoms with Crippen LogP contribution in [0.2, 0.25) is 0 Å². The summed E-state index contributed by atoms with van der Waals surface area (Å²) >= 11 is 0. The Bertz CT molecular complexity index is 706. The summed E-state index contributed by atoms with van der Waals surface area (Å²) in [4.78, 5) is 21.0. The second-order valence-electron chi connectivity index (χ2n) is 6.25. The molecular formula is C18H23N3O2. The van der Waals surface area contributed by atoms with Crippen molar-refractivity contribution in [2.75, 3.05) is 39.2 Å². The third-order valence-corrected chi connectivity index (χ3v) is 4.61. The number of anilines is 1. The molecule has 0 aliphatic carbocycles. The van der Waals surface area contributed by atoms with Crippen molar-refractivity contribution < 1.29 is 9.53 Å². The van der Waals surface area contributed by atoms with Crippen molar-refractivity contribution in [3.8, 4) is 0 Å². The molecule has 1 saturated heterocycles. The van der Waals surface area contributed by atoms with Crippen LogP contribution in [-0.2, 0) is 4.74 Å². The fraction of sp³-hybridized carbons (Fsp3) is 0.444. The quantitative estimate of drug-likeness (QED) is 0.815. The van der Waals surface area contributed by atoms with E-state index in [1.165, 1.54) is 7.11 Å². The standard InChI is InChI=1S/C18H23N3O2/c1-20(2)15-8-10-21(11-9-15)17-7-5-13-12-14(18(22)23-3)4-6-16(13)19-17/h4-7,12,15H,8-11H2,1-3H3. The van der Waals surface area contributed by atoms with Gasteiger partial charge in [-0.05, 0) is 57.3 Å². The summed E-state index contributed by atoms with van der Waals surface area (Å²) in [5, 5.41) is 0.958. The number of fused-ring (bicyclic) bond motifs is 1. The van der Waals surface area contributed by atoms with Gasteiger partial charge in [-0.3, -0.25) is 0 Å². The van der Waals surface area contributed by atoms with E-state index in [-0.39, 0.29) is 5.97 Å². The highest BCUT2D eigenvalue weighted by molar-refractivity contribution is 5.94. The second kappa shape index (κ2) is 6.54. The van der Waals surface area contributed by atoms with Gasteiger partial charge in [0.05, 0.1) is 18.2 Å². The average Bonchev–Trinajstić information content (AvgIpc) is 2.60. The predicted molar refractivity (Wildman–Crippen MR) is 92.0 cm³/mol. The van der Waals surface area contributed by atoms with Crippen molar-refractivity contribution in [3.05, 3.63) is 35.9 Å². The maximum absolute atomic E-state index is 11.6. The molecule has 1 aliphatic rings. The van der Waals surface area contributed by atoms with Crippen molar-refractivity contribution in [1.82, 2.24) is 9.88 Å². The highest BCUT2D eigenvalue weighted by Crippen LogP contribution is 2.23. The number of benzene rings is 1. The molecule has 1 fully saturated rings. The lowest BCUT2D eigenvalue weighted by Gasteiger charge is -2.35. The van der Waals surface area contributed by atoms with Gasteiger partial charge in [0, 0.05) is 24.5 Å². The Morgan fingerprint density at radius 3 is 2.61 bits per heavy atom. The van der Waals surface area contributed by atoms with Crippen LogP contribution in [0.3, 0.4) is 0 Å². The van der Waals surface area contributed by atoms with Gasteiger partial charge >= 0.3 is 5.97 Å². The zero-order valence-electron chi connectivity index (χ0n) is 14.0. The zero-order valence-corrected chi connectivity index (χ0v) is 14.0. The Kier molecular flexibility index (Phi) is 4.48. The molecule has 3 rings (SSSR count). The van der Waals surface area contributed by atoms with Gasteiger partial charge in [-0.1, -0.05) is 0 Å². The van der Waals surface area contributed by atoms with Gasteiger partial charge in [-0.15, -0.1) is 0 Å². The van der Waals surface area contributed by atoms with Crippen LogP contribution in [-0.4, -0.2) is 56.2 Å². The number of piperidine rings is 1. The van der Waals surface area contributed by atoms with Gasteiger partial charge in [0.15, 0.2) is 0 Å². The molecule has 0 N–H and O–H groups in total. The number of carbonyl (C=O) groups is 1. The third kappa shape index (κ3) is 3.29. The molecule has 5 nitrogen and oxygen atoms in total. The smallest absolute Gasteiger partial charge is 0.337 e. The van der Waals surface area contributed by atoms with Crippen molar-refractivity contribution in [3.63, 3.8) is 0 Å². The van der Waals surface area contributed by atoms with E-state index in [2.05, 4.69) is 23.9 Å². The lowest BCUT2D eigenvalue weighted by atomic mass is 10.0. The number of esters is 1. The number of nitrogens with zero attached hydrogens (tertiary/aromatic N) is 3. The van der Waals surface area contributed by atoms with Gasteiger partial charge in [0.1, 0.15) is 5.82 Å². The Hall–Kier alpha value is -2.14. The molecule has 0 atom stereocenters. The molecule has 0 saturated carbocycles. The predicted octanol–water partition coefficient (Wildman–Crippen LogP) is 2.55. The van der Waals surface area contributed by atoms with E-state index < -0.39 is 0 Å². The molecule has 2 heterocycles. The molecule has 0 radical (unpaired) electrons. The van der Waals surface area contributed by atoms with Crippen LogP contribution in [0, 0.1) is 0 Å². The molecule has 1 aromatic carbocycles. The lowest BCUT2D eigenvalue weighted by molar-refractivity contribution is 0.0601. The summed E-state index contributed by atoms with van der Waals surface area (Å²) in [6.07, 6.45) is 2.32. The number of ether oxygens (including phenoxy) is 1. The molecular weight excluding hydrogens is 290 g/mol. The van der Waals surface area contributed by atoms with E-state index in [1.54, 1.807) is 6.07 Å². The molecule has 0 spiro atoms. The molecule has 0 unspecified atom stereocenters. The number of pyridine rings is 1. The SMILES string of the molecule is COC(=O)c1ccc2nc(N3CCC(N(C)C)CC3)ccc2c1. The minimum Gasteiger partial charge on any atom is -0.465 e. The van der Waals surface area contributed by atoms with Crippen molar-refractivity contribution >= 4 is 22.7 Å². The highest BCUT2D eigenvalue weighted by atomic mass is 16.5. The molecule has 1 aliphatic heterocycles. The Labute approximate surface area is 136 Å². The summed E-state index contributed by atoms with van der Waals surface area (Å²) in [6, 6.07) is 10.2. The molecule has 0 bridgehead atoms. The first kappa shape index (κ1) is 15.7. The Morgan fingerprint density at radius 2 is 1.96 bits per heavy atom. The van der Waals surface area contributed by atoms with E-state index in [9.17, 15) is 4.79 Å². The van der Waals surface area contributed by atoms with E-state index in [4.69, 9.17) is 9.72 Å². The van der Waals surface area contributed by atoms with E-state index >= 15 is 0 Å². The Balaban J connectivity index is 1.80. The largest absolute Gasteiger partial charge is 0.465 e. The Morgan fingerprint density at radius 1 is 1.22 bits per heavy atom. The highest BCUT2D eigenvalue weighted by Gasteiger charge is 2.21. The monoisotopic (exact) mass is 313 g/mol. The van der Waals surface area contributed by atoms with Crippen LogP contribution in [0.15, 0.2) is 30.3 Å². The number of carbonyl (C=O) groups excluding carboxylic acids is 1. The van der Waals surface area contributed by atoms with Crippen LogP contribution in [0.4, 0.5) is 5.82 Å². The first-order valence-corrected chi connectivity index (χ1v) is 7.99. The normalized spacial score (nSPS) is 16.1. The van der Waals surface area contributed by atoms with Crippen LogP contribution in [0.5, 0.6) is 0 Å². The number of aromatic nitrogens is 1. The fourth-order valence-electron chi connectivity index (χ4n) is 3.15. The van der Waals surface area contributed by atoms with Crippen molar-refractivity contribution in [2.45, 2.75) is 18.9 Å². The molecule has 2 aromatic rings. The third-order valence-electron chi connectivity index (χ3n) is 4.61. The van der Waals surface area contributed by atoms with Crippen LogP contribution in [0.25, 0.3) is 10.9 Å². The summed E-state index contributed by atoms with van der Waals surface area (Å²) < 4.78 is 4.76. The fourth-order valence-corrected chi connectivity index (χ4v) is 3.15. The molecule has 0 amide bonds. The summed E-state index contributed by atoms with van der Waals surface area (Å²) in [6.45, 7) is 2.06.